The molecule has 0 spiro atoms. The minimum atomic E-state index is -0.282. The molecule has 3 nitrogen and oxygen atoms in total. The third-order valence-electron chi connectivity index (χ3n) is 2.64. The number of hydrogen-bond acceptors (Lipinski definition) is 2. The van der Waals surface area contributed by atoms with E-state index in [1.54, 1.807) is 24.4 Å². The summed E-state index contributed by atoms with van der Waals surface area (Å²) in [6.45, 7) is 5.41. The Balaban J connectivity index is 2.42. The molecule has 0 bridgehead atoms. The first-order valence-electron chi connectivity index (χ1n) is 5.75. The highest BCUT2D eigenvalue weighted by atomic mass is 19.1. The molecule has 0 aliphatic rings. The zero-order valence-electron chi connectivity index (χ0n) is 10.3. The Kier molecular flexibility index (Phi) is 5.12. The van der Waals surface area contributed by atoms with Gasteiger partial charge in [-0.25, -0.2) is 9.60 Å². The van der Waals surface area contributed by atoms with E-state index in [1.165, 1.54) is 12.1 Å². The van der Waals surface area contributed by atoms with Gasteiger partial charge in [-0.3, -0.25) is 0 Å². The lowest BCUT2D eigenvalue weighted by Gasteiger charge is -2.22. The Labute approximate surface area is 101 Å². The van der Waals surface area contributed by atoms with Gasteiger partial charge in [0.15, 0.2) is 0 Å². The smallest absolute Gasteiger partial charge is 0.128 e. The average Bonchev–Trinajstić information content (AvgIpc) is 2.36. The van der Waals surface area contributed by atoms with E-state index in [9.17, 15) is 9.60 Å². The second kappa shape index (κ2) is 6.37. The summed E-state index contributed by atoms with van der Waals surface area (Å²) in [6, 6.07) is 5.85. The van der Waals surface area contributed by atoms with Gasteiger partial charge < -0.3 is 4.74 Å². The molecule has 0 aliphatic heterocycles. The first kappa shape index (κ1) is 13.7. The highest BCUT2D eigenvalue weighted by molar-refractivity contribution is 5.22. The van der Waals surface area contributed by atoms with Crippen LogP contribution in [0.3, 0.4) is 0 Å². The Bertz CT molecular complexity index is 358. The standard InChI is InChI=1S/C13H19FNO2/c1-3-15(16,4-2)10-5-11-17-13-8-6-12(14)7-9-13/h5-10,16H,3-4,11H2,1-2H3/q+1/b10-5+. The van der Waals surface area contributed by atoms with Crippen molar-refractivity contribution in [2.24, 2.45) is 0 Å². The van der Waals surface area contributed by atoms with Crippen molar-refractivity contribution in [2.45, 2.75) is 13.8 Å². The van der Waals surface area contributed by atoms with Gasteiger partial charge in [-0.1, -0.05) is 0 Å². The van der Waals surface area contributed by atoms with Gasteiger partial charge in [-0.2, -0.15) is 4.65 Å². The minimum Gasteiger partial charge on any atom is -0.489 e. The molecule has 0 saturated carbocycles. The molecule has 0 atom stereocenters. The topological polar surface area (TPSA) is 29.5 Å². The summed E-state index contributed by atoms with van der Waals surface area (Å²) in [5.74, 6) is 0.330. The van der Waals surface area contributed by atoms with Gasteiger partial charge in [0, 0.05) is 6.08 Å². The van der Waals surface area contributed by atoms with Gasteiger partial charge >= 0.3 is 0 Å². The third kappa shape index (κ3) is 4.54. The molecular formula is C13H19FNO2+. The van der Waals surface area contributed by atoms with Crippen LogP contribution in [0.2, 0.25) is 0 Å². The monoisotopic (exact) mass is 240 g/mol. The van der Waals surface area contributed by atoms with Crippen LogP contribution in [0.5, 0.6) is 5.75 Å². The van der Waals surface area contributed by atoms with E-state index in [2.05, 4.69) is 0 Å². The van der Waals surface area contributed by atoms with E-state index in [4.69, 9.17) is 4.74 Å². The molecular weight excluding hydrogens is 221 g/mol. The van der Waals surface area contributed by atoms with Gasteiger partial charge in [0.25, 0.3) is 0 Å². The first-order chi connectivity index (χ1) is 8.09. The molecule has 94 valence electrons. The van der Waals surface area contributed by atoms with Crippen molar-refractivity contribution in [1.29, 1.82) is 0 Å². The number of rotatable bonds is 6. The van der Waals surface area contributed by atoms with E-state index < -0.39 is 0 Å². The van der Waals surface area contributed by atoms with E-state index in [-0.39, 0.29) is 10.5 Å². The van der Waals surface area contributed by atoms with E-state index >= 15 is 0 Å². The van der Waals surface area contributed by atoms with Crippen LogP contribution in [0.4, 0.5) is 4.39 Å². The van der Waals surface area contributed by atoms with Gasteiger partial charge in [-0.05, 0) is 38.1 Å². The van der Waals surface area contributed by atoms with Gasteiger partial charge in [0.1, 0.15) is 37.5 Å². The summed E-state index contributed by atoms with van der Waals surface area (Å²) in [6.07, 6.45) is 3.46. The molecule has 17 heavy (non-hydrogen) atoms. The quantitative estimate of drug-likeness (QED) is 0.612. The lowest BCUT2D eigenvalue weighted by Crippen LogP contribution is -2.38. The van der Waals surface area contributed by atoms with Crippen LogP contribution >= 0.6 is 0 Å². The average molecular weight is 240 g/mol. The maximum absolute atomic E-state index is 12.6. The number of benzene rings is 1. The highest BCUT2D eigenvalue weighted by Crippen LogP contribution is 2.11. The summed E-state index contributed by atoms with van der Waals surface area (Å²) in [4.78, 5) is 0. The molecule has 0 aromatic heterocycles. The fourth-order valence-corrected chi connectivity index (χ4v) is 1.35. The van der Waals surface area contributed by atoms with Crippen molar-refractivity contribution in [3.63, 3.8) is 0 Å². The van der Waals surface area contributed by atoms with E-state index in [1.807, 2.05) is 13.8 Å². The fraction of sp³-hybridized carbons (Fsp3) is 0.385. The van der Waals surface area contributed by atoms with Crippen LogP contribution in [0.25, 0.3) is 0 Å². The van der Waals surface area contributed by atoms with Crippen molar-refractivity contribution in [3.8, 4) is 5.75 Å². The summed E-state index contributed by atoms with van der Waals surface area (Å²) in [5, 5.41) is 9.91. The predicted octanol–water partition coefficient (Wildman–Crippen LogP) is 2.96. The molecule has 0 amide bonds. The van der Waals surface area contributed by atoms with Crippen LogP contribution < -0.4 is 4.74 Å². The molecule has 0 radical (unpaired) electrons. The molecule has 0 heterocycles. The van der Waals surface area contributed by atoms with Crippen LogP contribution in [0.1, 0.15) is 13.8 Å². The van der Waals surface area contributed by atoms with Gasteiger partial charge in [0.2, 0.25) is 0 Å². The Hall–Kier alpha value is -1.39. The zero-order chi connectivity index (χ0) is 12.7. The van der Waals surface area contributed by atoms with Crippen LogP contribution in [0, 0.1) is 5.82 Å². The van der Waals surface area contributed by atoms with Crippen molar-refractivity contribution >= 4 is 0 Å². The summed E-state index contributed by atoms with van der Waals surface area (Å²) >= 11 is 0. The SMILES string of the molecule is CC[N+](O)(/C=C/COc1ccc(F)cc1)CC. The first-order valence-corrected chi connectivity index (χ1v) is 5.75. The van der Waals surface area contributed by atoms with Crippen LogP contribution in [-0.4, -0.2) is 29.5 Å². The number of hydroxylamine groups is 3. The maximum atomic E-state index is 12.6. The Morgan fingerprint density at radius 3 is 2.35 bits per heavy atom. The number of ether oxygens (including phenoxy) is 1. The third-order valence-corrected chi connectivity index (χ3v) is 2.64. The van der Waals surface area contributed by atoms with Crippen molar-refractivity contribution < 1.29 is 19.0 Å². The van der Waals surface area contributed by atoms with Crippen molar-refractivity contribution in [3.05, 3.63) is 42.4 Å². The lowest BCUT2D eigenvalue weighted by molar-refractivity contribution is -1.06. The lowest BCUT2D eigenvalue weighted by atomic mass is 10.3. The Morgan fingerprint density at radius 1 is 1.24 bits per heavy atom. The van der Waals surface area contributed by atoms with E-state index in [0.29, 0.717) is 25.4 Å². The van der Waals surface area contributed by atoms with E-state index in [0.717, 1.165) is 0 Å². The minimum absolute atomic E-state index is 0.104. The van der Waals surface area contributed by atoms with Gasteiger partial charge in [-0.15, -0.1) is 0 Å². The second-order valence-corrected chi connectivity index (χ2v) is 3.77. The number of quaternary nitrogens is 1. The number of nitrogens with zero attached hydrogens (tertiary/aromatic N) is 1. The van der Waals surface area contributed by atoms with Crippen molar-refractivity contribution in [1.82, 2.24) is 0 Å². The molecule has 0 aliphatic carbocycles. The van der Waals surface area contributed by atoms with Gasteiger partial charge in [0.05, 0.1) is 0 Å². The second-order valence-electron chi connectivity index (χ2n) is 3.77. The largest absolute Gasteiger partial charge is 0.489 e. The summed E-state index contributed by atoms with van der Waals surface area (Å²) < 4.78 is 17.9. The van der Waals surface area contributed by atoms with Crippen LogP contribution in [-0.2, 0) is 0 Å². The highest BCUT2D eigenvalue weighted by Gasteiger charge is 2.15. The molecule has 0 fully saturated rings. The fourth-order valence-electron chi connectivity index (χ4n) is 1.35. The number of hydrogen-bond donors (Lipinski definition) is 1. The Morgan fingerprint density at radius 2 is 1.82 bits per heavy atom. The molecule has 1 aromatic carbocycles. The molecule has 1 aromatic rings. The zero-order valence-corrected chi connectivity index (χ0v) is 10.3. The summed E-state index contributed by atoms with van der Waals surface area (Å²) in [5.41, 5.74) is 0. The molecule has 0 unspecified atom stereocenters. The molecule has 4 heteroatoms. The maximum Gasteiger partial charge on any atom is 0.128 e. The summed E-state index contributed by atoms with van der Waals surface area (Å²) in [7, 11) is 0. The number of halogens is 1. The van der Waals surface area contributed by atoms with Crippen molar-refractivity contribution in [2.75, 3.05) is 19.7 Å². The molecule has 1 rings (SSSR count). The predicted molar refractivity (Wildman–Crippen MR) is 64.2 cm³/mol. The molecule has 1 N–H and O–H groups in total. The normalized spacial score (nSPS) is 12.0. The molecule has 0 saturated heterocycles. The van der Waals surface area contributed by atoms with Crippen LogP contribution in [0.15, 0.2) is 36.5 Å².